The Balaban J connectivity index is 2.59. The number of nitrogens with zero attached hydrogens (tertiary/aromatic N) is 2. The van der Waals surface area contributed by atoms with Crippen molar-refractivity contribution in [1.82, 2.24) is 4.98 Å². The molecule has 3 nitrogen and oxygen atoms in total. The molecule has 0 spiro atoms. The summed E-state index contributed by atoms with van der Waals surface area (Å²) in [6, 6.07) is 2.31. The zero-order chi connectivity index (χ0) is 13.1. The molecule has 0 aromatic carbocycles. The van der Waals surface area contributed by atoms with Gasteiger partial charge < -0.3 is 4.74 Å². The molecule has 2 rings (SSSR count). The van der Waals surface area contributed by atoms with E-state index in [1.165, 1.54) is 0 Å². The first-order chi connectivity index (χ1) is 7.60. The zero-order valence-electron chi connectivity index (χ0n) is 11.2. The lowest BCUT2D eigenvalue weighted by Gasteiger charge is -2.25. The number of aromatic nitrogens is 1. The average molecular weight is 250 g/mol. The summed E-state index contributed by atoms with van der Waals surface area (Å²) in [6.45, 7) is 12.0. The standard InChI is InChI=1S/C13H18N2OS/c1-11(2,7-14)10-15-8-9(17-10)13(5,6)16-12(8,3)4/h1-6H3. The highest BCUT2D eigenvalue weighted by atomic mass is 32.1. The Labute approximate surface area is 106 Å². The molecular weight excluding hydrogens is 232 g/mol. The van der Waals surface area contributed by atoms with Crippen LogP contribution in [-0.2, 0) is 21.4 Å². The third-order valence-electron chi connectivity index (χ3n) is 3.07. The van der Waals surface area contributed by atoms with Crippen LogP contribution < -0.4 is 0 Å². The largest absolute Gasteiger partial charge is 0.358 e. The fourth-order valence-electron chi connectivity index (χ4n) is 2.18. The van der Waals surface area contributed by atoms with Crippen LogP contribution in [0, 0.1) is 11.3 Å². The first-order valence-electron chi connectivity index (χ1n) is 5.74. The lowest BCUT2D eigenvalue weighted by Crippen LogP contribution is -2.24. The van der Waals surface area contributed by atoms with Gasteiger partial charge in [0, 0.05) is 0 Å². The molecule has 1 aliphatic heterocycles. The number of rotatable bonds is 1. The predicted molar refractivity (Wildman–Crippen MR) is 67.9 cm³/mol. The molecule has 1 aromatic rings. The maximum Gasteiger partial charge on any atom is 0.113 e. The van der Waals surface area contributed by atoms with Gasteiger partial charge in [-0.3, -0.25) is 0 Å². The van der Waals surface area contributed by atoms with E-state index in [9.17, 15) is 5.26 Å². The number of thiazole rings is 1. The molecule has 1 aromatic heterocycles. The van der Waals surface area contributed by atoms with E-state index in [1.807, 2.05) is 27.7 Å². The molecule has 1 aliphatic rings. The van der Waals surface area contributed by atoms with Crippen molar-refractivity contribution in [3.63, 3.8) is 0 Å². The Morgan fingerprint density at radius 3 is 2.29 bits per heavy atom. The van der Waals surface area contributed by atoms with E-state index in [1.54, 1.807) is 11.3 Å². The third-order valence-corrected chi connectivity index (χ3v) is 4.75. The van der Waals surface area contributed by atoms with E-state index in [4.69, 9.17) is 4.74 Å². The predicted octanol–water partition coefficient (Wildman–Crippen LogP) is 3.44. The molecule has 92 valence electrons. The van der Waals surface area contributed by atoms with Gasteiger partial charge in [0.2, 0.25) is 0 Å². The van der Waals surface area contributed by atoms with Gasteiger partial charge in [-0.25, -0.2) is 4.98 Å². The highest BCUT2D eigenvalue weighted by Crippen LogP contribution is 2.50. The van der Waals surface area contributed by atoms with Gasteiger partial charge in [0.1, 0.15) is 16.0 Å². The number of fused-ring (bicyclic) bond motifs is 1. The molecule has 0 unspecified atom stereocenters. The van der Waals surface area contributed by atoms with Crippen molar-refractivity contribution in [2.45, 2.75) is 58.2 Å². The van der Waals surface area contributed by atoms with E-state index < -0.39 is 5.41 Å². The number of ether oxygens (including phenoxy) is 1. The summed E-state index contributed by atoms with van der Waals surface area (Å²) in [7, 11) is 0. The van der Waals surface area contributed by atoms with Crippen molar-refractivity contribution < 1.29 is 4.74 Å². The summed E-state index contributed by atoms with van der Waals surface area (Å²) < 4.78 is 6.01. The molecule has 0 radical (unpaired) electrons. The summed E-state index contributed by atoms with van der Waals surface area (Å²) in [5.74, 6) is 0. The summed E-state index contributed by atoms with van der Waals surface area (Å²) >= 11 is 1.60. The normalized spacial score (nSPS) is 21.0. The molecule has 0 amide bonds. The average Bonchev–Trinajstić information content (AvgIpc) is 2.67. The second kappa shape index (κ2) is 3.30. The van der Waals surface area contributed by atoms with Crippen LogP contribution in [0.1, 0.15) is 57.1 Å². The fourth-order valence-corrected chi connectivity index (χ4v) is 3.49. The van der Waals surface area contributed by atoms with E-state index in [2.05, 4.69) is 24.9 Å². The van der Waals surface area contributed by atoms with Crippen LogP contribution in [0.4, 0.5) is 0 Å². The van der Waals surface area contributed by atoms with E-state index in [0.29, 0.717) is 0 Å². The third kappa shape index (κ3) is 1.78. The number of hydrogen-bond acceptors (Lipinski definition) is 4. The Kier molecular flexibility index (Phi) is 2.44. The van der Waals surface area contributed by atoms with Gasteiger partial charge in [0.15, 0.2) is 0 Å². The molecule has 0 bridgehead atoms. The first-order valence-corrected chi connectivity index (χ1v) is 6.55. The number of nitriles is 1. The molecule has 0 saturated heterocycles. The first kappa shape index (κ1) is 12.5. The topological polar surface area (TPSA) is 45.9 Å². The van der Waals surface area contributed by atoms with Crippen LogP contribution in [0.3, 0.4) is 0 Å². The van der Waals surface area contributed by atoms with Crippen LogP contribution >= 0.6 is 11.3 Å². The summed E-state index contributed by atoms with van der Waals surface area (Å²) in [5.41, 5.74) is -0.202. The Morgan fingerprint density at radius 1 is 1.24 bits per heavy atom. The SMILES string of the molecule is CC(C)(C#N)c1nc2c(s1)C(C)(C)OC2(C)C. The molecule has 17 heavy (non-hydrogen) atoms. The highest BCUT2D eigenvalue weighted by molar-refractivity contribution is 7.12. The Bertz CT molecular complexity index is 474. The van der Waals surface area contributed by atoms with Gasteiger partial charge in [-0.15, -0.1) is 11.3 Å². The molecule has 0 atom stereocenters. The second-order valence-electron chi connectivity index (χ2n) is 6.06. The number of hydrogen-bond donors (Lipinski definition) is 0. The van der Waals surface area contributed by atoms with Crippen molar-refractivity contribution in [3.8, 4) is 6.07 Å². The van der Waals surface area contributed by atoms with Crippen LogP contribution in [0.25, 0.3) is 0 Å². The molecule has 0 aliphatic carbocycles. The van der Waals surface area contributed by atoms with Crippen LogP contribution in [0.2, 0.25) is 0 Å². The van der Waals surface area contributed by atoms with Gasteiger partial charge in [0.05, 0.1) is 22.2 Å². The minimum absolute atomic E-state index is 0.305. The summed E-state index contributed by atoms with van der Waals surface area (Å²) in [5, 5.41) is 10.1. The minimum Gasteiger partial charge on any atom is -0.358 e. The van der Waals surface area contributed by atoms with Gasteiger partial charge >= 0.3 is 0 Å². The molecule has 0 fully saturated rings. The van der Waals surface area contributed by atoms with Gasteiger partial charge in [0.25, 0.3) is 0 Å². The van der Waals surface area contributed by atoms with Crippen molar-refractivity contribution in [1.29, 1.82) is 5.26 Å². The molecule has 0 N–H and O–H groups in total. The van der Waals surface area contributed by atoms with Crippen molar-refractivity contribution >= 4 is 11.3 Å². The Morgan fingerprint density at radius 2 is 1.82 bits per heavy atom. The zero-order valence-corrected chi connectivity index (χ0v) is 12.0. The summed E-state index contributed by atoms with van der Waals surface area (Å²) in [6.07, 6.45) is 0. The Hall–Kier alpha value is -0.920. The van der Waals surface area contributed by atoms with E-state index in [-0.39, 0.29) is 11.2 Å². The molecule has 0 saturated carbocycles. The smallest absolute Gasteiger partial charge is 0.113 e. The lowest BCUT2D eigenvalue weighted by molar-refractivity contribution is -0.105. The van der Waals surface area contributed by atoms with Gasteiger partial charge in [-0.1, -0.05) is 0 Å². The van der Waals surface area contributed by atoms with Gasteiger partial charge in [-0.2, -0.15) is 5.26 Å². The molecule has 2 heterocycles. The minimum atomic E-state index is -0.527. The van der Waals surface area contributed by atoms with Crippen molar-refractivity contribution in [2.75, 3.05) is 0 Å². The lowest BCUT2D eigenvalue weighted by atomic mass is 9.97. The fraction of sp³-hybridized carbons (Fsp3) is 0.692. The quantitative estimate of drug-likeness (QED) is 0.767. The van der Waals surface area contributed by atoms with Crippen LogP contribution in [0.15, 0.2) is 0 Å². The van der Waals surface area contributed by atoms with Crippen LogP contribution in [0.5, 0.6) is 0 Å². The highest BCUT2D eigenvalue weighted by Gasteiger charge is 2.47. The second-order valence-corrected chi connectivity index (χ2v) is 7.06. The van der Waals surface area contributed by atoms with Crippen molar-refractivity contribution in [3.05, 3.63) is 15.6 Å². The van der Waals surface area contributed by atoms with E-state index >= 15 is 0 Å². The van der Waals surface area contributed by atoms with Crippen LogP contribution in [-0.4, -0.2) is 4.98 Å². The molecular formula is C13H18N2OS. The van der Waals surface area contributed by atoms with Gasteiger partial charge in [-0.05, 0) is 41.5 Å². The molecule has 4 heteroatoms. The maximum atomic E-state index is 9.18. The maximum absolute atomic E-state index is 9.18. The van der Waals surface area contributed by atoms with Crippen molar-refractivity contribution in [2.24, 2.45) is 0 Å². The monoisotopic (exact) mass is 250 g/mol. The summed E-state index contributed by atoms with van der Waals surface area (Å²) in [4.78, 5) is 5.81. The van der Waals surface area contributed by atoms with E-state index in [0.717, 1.165) is 15.6 Å².